The molecule has 0 aliphatic heterocycles. The quantitative estimate of drug-likeness (QED) is 0.522. The van der Waals surface area contributed by atoms with E-state index in [2.05, 4.69) is 11.5 Å². The fourth-order valence-electron chi connectivity index (χ4n) is 1.54. The van der Waals surface area contributed by atoms with Gasteiger partial charge in [0.25, 0.3) is 0 Å². The molecule has 3 heteroatoms. The van der Waals surface area contributed by atoms with Crippen LogP contribution in [0, 0.1) is 0 Å². The Morgan fingerprint density at radius 1 is 1.31 bits per heavy atom. The summed E-state index contributed by atoms with van der Waals surface area (Å²) in [6.07, 6.45) is 7.91. The molecule has 0 fully saturated rings. The zero-order valence-corrected chi connectivity index (χ0v) is 11.7. The molecule has 0 atom stereocenters. The van der Waals surface area contributed by atoms with Crippen molar-refractivity contribution in [2.24, 2.45) is 0 Å². The molecule has 16 heavy (non-hydrogen) atoms. The number of hydrogen-bond acceptors (Lipinski definition) is 1. The Balaban J connectivity index is 0.00000225. The van der Waals surface area contributed by atoms with Crippen molar-refractivity contribution in [3.05, 3.63) is 30.1 Å². The number of carbonyl (C=O) groups is 1. The van der Waals surface area contributed by atoms with Crippen LogP contribution in [0.5, 0.6) is 0 Å². The summed E-state index contributed by atoms with van der Waals surface area (Å²) < 4.78 is 2.10. The summed E-state index contributed by atoms with van der Waals surface area (Å²) in [6.45, 7) is 5.21. The van der Waals surface area contributed by atoms with Gasteiger partial charge in [-0.2, -0.15) is 0 Å². The number of unbranched alkanes of at least 4 members (excludes halogenated alkanes) is 1. The molecule has 0 N–H and O–H groups in total. The van der Waals surface area contributed by atoms with E-state index in [0.717, 1.165) is 24.9 Å². The molecule has 0 spiro atoms. The van der Waals surface area contributed by atoms with Gasteiger partial charge < -0.3 is 17.0 Å². The number of ketones is 1. The van der Waals surface area contributed by atoms with Gasteiger partial charge in [-0.15, -0.1) is 0 Å². The highest BCUT2D eigenvalue weighted by Gasteiger charge is 2.08. The third kappa shape index (κ3) is 4.88. The minimum absolute atomic E-state index is 0. The molecule has 0 radical (unpaired) electrons. The molecule has 1 rings (SSSR count). The predicted octanol–water partition coefficient (Wildman–Crippen LogP) is -0.239. The number of aromatic nitrogens is 1. The number of pyridine rings is 1. The lowest BCUT2D eigenvalue weighted by molar-refractivity contribution is -0.697. The second-order valence-electron chi connectivity index (χ2n) is 3.86. The highest BCUT2D eigenvalue weighted by atomic mass is 79.9. The largest absolute Gasteiger partial charge is 1.00 e. The maximum absolute atomic E-state index is 11.7. The third-order valence-corrected chi connectivity index (χ3v) is 2.43. The topological polar surface area (TPSA) is 20.9 Å². The minimum atomic E-state index is 0. The Kier molecular flexibility index (Phi) is 8.08. The maximum atomic E-state index is 11.7. The lowest BCUT2D eigenvalue weighted by atomic mass is 10.1. The van der Waals surface area contributed by atoms with Crippen LogP contribution < -0.4 is 21.5 Å². The summed E-state index contributed by atoms with van der Waals surface area (Å²) in [5.74, 6) is 0.253. The van der Waals surface area contributed by atoms with Crippen LogP contribution in [-0.4, -0.2) is 5.78 Å². The molecule has 0 saturated heterocycles. The van der Waals surface area contributed by atoms with Crippen molar-refractivity contribution < 1.29 is 26.3 Å². The molecular formula is C13H20BrNO. The standard InChI is InChI=1S/C13H20NO.BrH/c1-3-5-9-14-10-6-8-12(11-14)13(15)7-4-2;/h6,8,10-11H,3-5,7,9H2,1-2H3;1H/q+1;/p-1. The number of carbonyl (C=O) groups excluding carboxylic acids is 1. The van der Waals surface area contributed by atoms with Crippen molar-refractivity contribution in [3.63, 3.8) is 0 Å². The van der Waals surface area contributed by atoms with Crippen molar-refractivity contribution in [3.8, 4) is 0 Å². The average molecular weight is 286 g/mol. The second kappa shape index (κ2) is 8.45. The zero-order valence-electron chi connectivity index (χ0n) is 10.1. The Morgan fingerprint density at radius 3 is 2.69 bits per heavy atom. The van der Waals surface area contributed by atoms with E-state index < -0.39 is 0 Å². The number of nitrogens with zero attached hydrogens (tertiary/aromatic N) is 1. The fraction of sp³-hybridized carbons (Fsp3) is 0.538. The highest BCUT2D eigenvalue weighted by molar-refractivity contribution is 5.95. The monoisotopic (exact) mass is 285 g/mol. The molecule has 0 aliphatic rings. The van der Waals surface area contributed by atoms with E-state index in [9.17, 15) is 4.79 Å². The lowest BCUT2D eigenvalue weighted by Gasteiger charge is -1.99. The molecule has 1 aromatic rings. The zero-order chi connectivity index (χ0) is 11.1. The van der Waals surface area contributed by atoms with Gasteiger partial charge in [-0.3, -0.25) is 4.79 Å². The van der Waals surface area contributed by atoms with E-state index in [1.165, 1.54) is 6.42 Å². The highest BCUT2D eigenvalue weighted by Crippen LogP contribution is 2.02. The van der Waals surface area contributed by atoms with Crippen LogP contribution in [0.25, 0.3) is 0 Å². The van der Waals surface area contributed by atoms with Gasteiger partial charge in [0.05, 0.1) is 5.56 Å². The van der Waals surface area contributed by atoms with Crippen LogP contribution >= 0.6 is 0 Å². The molecule has 0 bridgehead atoms. The number of aryl methyl sites for hydroxylation is 1. The van der Waals surface area contributed by atoms with Crippen molar-refractivity contribution >= 4 is 5.78 Å². The smallest absolute Gasteiger partial charge is 0.179 e. The van der Waals surface area contributed by atoms with E-state index in [-0.39, 0.29) is 22.8 Å². The van der Waals surface area contributed by atoms with Crippen molar-refractivity contribution in [1.29, 1.82) is 0 Å². The van der Waals surface area contributed by atoms with E-state index in [1.54, 1.807) is 0 Å². The van der Waals surface area contributed by atoms with E-state index in [4.69, 9.17) is 0 Å². The summed E-state index contributed by atoms with van der Waals surface area (Å²) in [4.78, 5) is 11.7. The first-order valence-electron chi connectivity index (χ1n) is 5.80. The number of halogens is 1. The molecule has 0 aromatic carbocycles. The molecule has 1 heterocycles. The number of rotatable bonds is 6. The molecule has 0 aliphatic carbocycles. The molecular weight excluding hydrogens is 266 g/mol. The van der Waals surface area contributed by atoms with Gasteiger partial charge in [0.15, 0.2) is 18.2 Å². The SMILES string of the molecule is CCCC[n+]1cccc(C(=O)CCC)c1.[Br-]. The first-order valence-corrected chi connectivity index (χ1v) is 5.80. The number of Topliss-reactive ketones (excluding diaryl/α,β-unsaturated/α-hetero) is 1. The molecule has 0 unspecified atom stereocenters. The average Bonchev–Trinajstić information content (AvgIpc) is 2.27. The van der Waals surface area contributed by atoms with Gasteiger partial charge in [-0.25, -0.2) is 4.57 Å². The van der Waals surface area contributed by atoms with Gasteiger partial charge in [0.2, 0.25) is 0 Å². The Hall–Kier alpha value is -0.700. The van der Waals surface area contributed by atoms with Crippen LogP contribution in [0.1, 0.15) is 49.9 Å². The van der Waals surface area contributed by atoms with E-state index in [1.807, 2.05) is 31.5 Å². The summed E-state index contributed by atoms with van der Waals surface area (Å²) in [7, 11) is 0. The van der Waals surface area contributed by atoms with Gasteiger partial charge >= 0.3 is 0 Å². The van der Waals surface area contributed by atoms with Gasteiger partial charge in [-0.1, -0.05) is 20.3 Å². The maximum Gasteiger partial charge on any atom is 0.179 e. The van der Waals surface area contributed by atoms with Crippen LogP contribution in [-0.2, 0) is 6.54 Å². The summed E-state index contributed by atoms with van der Waals surface area (Å²) in [5, 5.41) is 0. The van der Waals surface area contributed by atoms with Crippen molar-refractivity contribution in [2.75, 3.05) is 0 Å². The molecule has 90 valence electrons. The first kappa shape index (κ1) is 15.3. The molecule has 0 amide bonds. The third-order valence-electron chi connectivity index (χ3n) is 2.43. The number of hydrogen-bond donors (Lipinski definition) is 0. The molecule has 2 nitrogen and oxygen atoms in total. The molecule has 1 aromatic heterocycles. The lowest BCUT2D eigenvalue weighted by Crippen LogP contribution is -3.00. The van der Waals surface area contributed by atoms with Crippen LogP contribution in [0.15, 0.2) is 24.5 Å². The summed E-state index contributed by atoms with van der Waals surface area (Å²) >= 11 is 0. The Morgan fingerprint density at radius 2 is 2.06 bits per heavy atom. The van der Waals surface area contributed by atoms with Crippen molar-refractivity contribution in [2.45, 2.75) is 46.1 Å². The van der Waals surface area contributed by atoms with Gasteiger partial charge in [-0.05, 0) is 12.5 Å². The van der Waals surface area contributed by atoms with Crippen LogP contribution in [0.3, 0.4) is 0 Å². The van der Waals surface area contributed by atoms with E-state index in [0.29, 0.717) is 6.42 Å². The fourth-order valence-corrected chi connectivity index (χ4v) is 1.54. The first-order chi connectivity index (χ1) is 7.27. The van der Waals surface area contributed by atoms with Crippen LogP contribution in [0.2, 0.25) is 0 Å². The normalized spacial score (nSPS) is 9.62. The Labute approximate surface area is 108 Å². The van der Waals surface area contributed by atoms with Gasteiger partial charge in [0.1, 0.15) is 6.54 Å². The summed E-state index contributed by atoms with van der Waals surface area (Å²) in [5.41, 5.74) is 0.843. The van der Waals surface area contributed by atoms with E-state index >= 15 is 0 Å². The van der Waals surface area contributed by atoms with Crippen molar-refractivity contribution in [1.82, 2.24) is 0 Å². The van der Waals surface area contributed by atoms with Crippen LogP contribution in [0.4, 0.5) is 0 Å². The summed E-state index contributed by atoms with van der Waals surface area (Å²) in [6, 6.07) is 3.86. The van der Waals surface area contributed by atoms with Gasteiger partial charge in [0, 0.05) is 18.9 Å². The minimum Gasteiger partial charge on any atom is -1.00 e. The molecule has 0 saturated carbocycles. The second-order valence-corrected chi connectivity index (χ2v) is 3.86. The Bertz CT molecular complexity index is 325. The predicted molar refractivity (Wildman–Crippen MR) is 60.8 cm³/mol.